The van der Waals surface area contributed by atoms with E-state index in [2.05, 4.69) is 0 Å². The summed E-state index contributed by atoms with van der Waals surface area (Å²) >= 11 is 0. The predicted molar refractivity (Wildman–Crippen MR) is 129 cm³/mol. The number of carbonyl (C=O) groups is 1. The summed E-state index contributed by atoms with van der Waals surface area (Å²) in [5.41, 5.74) is -0.966. The monoisotopic (exact) mass is 505 g/mol. The number of ether oxygens (including phenoxy) is 2. The molecule has 3 aromatic rings. The Kier molecular flexibility index (Phi) is 6.81. The molecule has 0 saturated carbocycles. The van der Waals surface area contributed by atoms with Crippen molar-refractivity contribution in [1.82, 2.24) is 14.0 Å². The van der Waals surface area contributed by atoms with Crippen molar-refractivity contribution in [2.24, 2.45) is 0 Å². The first-order valence-corrected chi connectivity index (χ1v) is 11.8. The lowest BCUT2D eigenvalue weighted by atomic mass is 10.1. The fourth-order valence-corrected chi connectivity index (χ4v) is 4.73. The van der Waals surface area contributed by atoms with Crippen LogP contribution in [0.4, 0.5) is 18.0 Å². The number of benzene rings is 2. The van der Waals surface area contributed by atoms with Crippen LogP contribution in [0.3, 0.4) is 0 Å². The summed E-state index contributed by atoms with van der Waals surface area (Å²) in [5, 5.41) is 0. The van der Waals surface area contributed by atoms with E-state index in [4.69, 9.17) is 9.47 Å². The van der Waals surface area contributed by atoms with Crippen LogP contribution in [-0.4, -0.2) is 45.9 Å². The smallest absolute Gasteiger partial charge is 0.416 e. The Morgan fingerprint density at radius 1 is 1.08 bits per heavy atom. The molecule has 0 N–H and O–H groups in total. The molecule has 0 aliphatic carbocycles. The number of rotatable bonds is 4. The van der Waals surface area contributed by atoms with Gasteiger partial charge in [-0.15, -0.1) is 0 Å². The van der Waals surface area contributed by atoms with Gasteiger partial charge in [0, 0.05) is 13.1 Å². The number of halogens is 3. The van der Waals surface area contributed by atoms with Gasteiger partial charge >= 0.3 is 18.0 Å². The Morgan fingerprint density at radius 2 is 1.81 bits per heavy atom. The predicted octanol–water partition coefficient (Wildman–Crippen LogP) is 5.45. The highest BCUT2D eigenvalue weighted by Gasteiger charge is 2.34. The number of carbonyl (C=O) groups excluding carboxylic acids is 1. The van der Waals surface area contributed by atoms with Crippen molar-refractivity contribution in [3.63, 3.8) is 0 Å². The molecule has 1 amide bonds. The van der Waals surface area contributed by atoms with E-state index >= 15 is 0 Å². The second kappa shape index (κ2) is 9.55. The third-order valence-electron chi connectivity index (χ3n) is 6.23. The van der Waals surface area contributed by atoms with Crippen molar-refractivity contribution in [3.8, 4) is 5.75 Å². The van der Waals surface area contributed by atoms with Gasteiger partial charge in [0.15, 0.2) is 0 Å². The van der Waals surface area contributed by atoms with E-state index in [1.165, 1.54) is 29.9 Å². The summed E-state index contributed by atoms with van der Waals surface area (Å²) < 4.78 is 54.9. The molecule has 4 rings (SSSR count). The summed E-state index contributed by atoms with van der Waals surface area (Å²) in [6.45, 7) is 5.84. The highest BCUT2D eigenvalue weighted by atomic mass is 19.4. The highest BCUT2D eigenvalue weighted by molar-refractivity contribution is 5.83. The van der Waals surface area contributed by atoms with E-state index in [-0.39, 0.29) is 24.7 Å². The lowest BCUT2D eigenvalue weighted by Gasteiger charge is -2.34. The van der Waals surface area contributed by atoms with Crippen LogP contribution in [0.5, 0.6) is 5.75 Å². The largest absolute Gasteiger partial charge is 0.494 e. The zero-order valence-corrected chi connectivity index (χ0v) is 20.8. The normalized spacial score (nSPS) is 16.9. The topological polar surface area (TPSA) is 65.7 Å². The average Bonchev–Trinajstić information content (AvgIpc) is 3.09. The van der Waals surface area contributed by atoms with Gasteiger partial charge in [0.05, 0.1) is 30.8 Å². The Bertz CT molecular complexity index is 1320. The first-order valence-electron chi connectivity index (χ1n) is 11.8. The van der Waals surface area contributed by atoms with Crippen LogP contribution in [0.25, 0.3) is 11.0 Å². The molecule has 0 bridgehead atoms. The summed E-state index contributed by atoms with van der Waals surface area (Å²) in [6, 6.07) is 10.0. The van der Waals surface area contributed by atoms with Crippen LogP contribution in [0.1, 0.15) is 50.8 Å². The van der Waals surface area contributed by atoms with Crippen LogP contribution in [0.15, 0.2) is 47.3 Å². The first-order chi connectivity index (χ1) is 16.9. The van der Waals surface area contributed by atoms with Gasteiger partial charge in [0.25, 0.3) is 0 Å². The summed E-state index contributed by atoms with van der Waals surface area (Å²) in [7, 11) is 1.45. The van der Waals surface area contributed by atoms with Gasteiger partial charge in [-0.1, -0.05) is 24.3 Å². The lowest BCUT2D eigenvalue weighted by Crippen LogP contribution is -2.45. The van der Waals surface area contributed by atoms with E-state index < -0.39 is 29.1 Å². The standard InChI is InChI=1S/C26H30F3N3O4/c1-25(2,3)36-24(34)30-14-8-10-18(16-30)32-20-12-7-13-21(35-4)22(20)31(23(32)33)15-17-9-5-6-11-19(17)26(27,28)29/h5-7,9,11-13,18H,8,10,14-16H2,1-4H3. The lowest BCUT2D eigenvalue weighted by molar-refractivity contribution is -0.138. The number of hydrogen-bond donors (Lipinski definition) is 0. The molecule has 1 saturated heterocycles. The number of amides is 1. The fraction of sp³-hybridized carbons (Fsp3) is 0.462. The molecule has 194 valence electrons. The maximum Gasteiger partial charge on any atom is 0.416 e. The maximum absolute atomic E-state index is 13.8. The zero-order chi connectivity index (χ0) is 26.3. The van der Waals surface area contributed by atoms with Crippen LogP contribution in [0.2, 0.25) is 0 Å². The van der Waals surface area contributed by atoms with E-state index in [0.717, 1.165) is 6.07 Å². The minimum absolute atomic E-state index is 0.0175. The first kappa shape index (κ1) is 25.7. The molecule has 1 aliphatic heterocycles. The van der Waals surface area contributed by atoms with Crippen LogP contribution in [0, 0.1) is 0 Å². The minimum Gasteiger partial charge on any atom is -0.494 e. The Morgan fingerprint density at radius 3 is 2.47 bits per heavy atom. The fourth-order valence-electron chi connectivity index (χ4n) is 4.73. The highest BCUT2D eigenvalue weighted by Crippen LogP contribution is 2.34. The molecule has 10 heteroatoms. The van der Waals surface area contributed by atoms with Crippen molar-refractivity contribution >= 4 is 17.1 Å². The van der Waals surface area contributed by atoms with Crippen LogP contribution in [-0.2, 0) is 17.5 Å². The third-order valence-corrected chi connectivity index (χ3v) is 6.23. The summed E-state index contributed by atoms with van der Waals surface area (Å²) in [4.78, 5) is 28.1. The van der Waals surface area contributed by atoms with Crippen molar-refractivity contribution in [3.05, 3.63) is 64.1 Å². The molecule has 1 aromatic heterocycles. The van der Waals surface area contributed by atoms with Gasteiger partial charge in [-0.2, -0.15) is 13.2 Å². The third kappa shape index (κ3) is 5.08. The molecule has 1 fully saturated rings. The molecule has 1 unspecified atom stereocenters. The molecular weight excluding hydrogens is 475 g/mol. The molecule has 2 heterocycles. The van der Waals surface area contributed by atoms with Crippen molar-refractivity contribution in [2.75, 3.05) is 20.2 Å². The second-order valence-electron chi connectivity index (χ2n) is 9.94. The van der Waals surface area contributed by atoms with E-state index in [1.54, 1.807) is 48.4 Å². The zero-order valence-electron chi connectivity index (χ0n) is 20.8. The molecule has 36 heavy (non-hydrogen) atoms. The number of hydrogen-bond acceptors (Lipinski definition) is 4. The summed E-state index contributed by atoms with van der Waals surface area (Å²) in [6.07, 6.45) is -3.72. The van der Waals surface area contributed by atoms with E-state index in [9.17, 15) is 22.8 Å². The SMILES string of the molecule is COc1cccc2c1n(Cc1ccccc1C(F)(F)F)c(=O)n2C1CCCN(C(=O)OC(C)(C)C)C1. The minimum atomic E-state index is -4.56. The number of methoxy groups -OCH3 is 1. The molecule has 1 atom stereocenters. The van der Waals surface area contributed by atoms with Gasteiger partial charge in [0.1, 0.15) is 16.9 Å². The van der Waals surface area contributed by atoms with Gasteiger partial charge in [-0.05, 0) is 57.4 Å². The van der Waals surface area contributed by atoms with Gasteiger partial charge in [-0.25, -0.2) is 9.59 Å². The second-order valence-corrected chi connectivity index (χ2v) is 9.94. The average molecular weight is 506 g/mol. The number of alkyl halides is 3. The Labute approximate surface area is 207 Å². The summed E-state index contributed by atoms with van der Waals surface area (Å²) in [5.74, 6) is 0.382. The number of likely N-dealkylation sites (tertiary alicyclic amines) is 1. The number of nitrogens with zero attached hydrogens (tertiary/aromatic N) is 3. The number of para-hydroxylation sites is 1. The molecular formula is C26H30F3N3O4. The number of aromatic nitrogens is 2. The number of imidazole rings is 1. The van der Waals surface area contributed by atoms with Crippen LogP contribution >= 0.6 is 0 Å². The van der Waals surface area contributed by atoms with Crippen molar-refractivity contribution in [1.29, 1.82) is 0 Å². The van der Waals surface area contributed by atoms with E-state index in [1.807, 2.05) is 0 Å². The van der Waals surface area contributed by atoms with Gasteiger partial charge in [-0.3, -0.25) is 9.13 Å². The van der Waals surface area contributed by atoms with Crippen molar-refractivity contribution < 1.29 is 27.4 Å². The molecule has 0 spiro atoms. The Hall–Kier alpha value is -3.43. The van der Waals surface area contributed by atoms with E-state index in [0.29, 0.717) is 36.2 Å². The quantitative estimate of drug-likeness (QED) is 0.473. The molecule has 1 aliphatic rings. The Balaban J connectivity index is 1.80. The number of piperidine rings is 1. The van der Waals surface area contributed by atoms with Crippen molar-refractivity contribution in [2.45, 2.75) is 58.0 Å². The maximum atomic E-state index is 13.8. The molecule has 2 aromatic carbocycles. The van der Waals surface area contributed by atoms with Gasteiger partial charge < -0.3 is 14.4 Å². The van der Waals surface area contributed by atoms with Gasteiger partial charge in [0.2, 0.25) is 0 Å². The van der Waals surface area contributed by atoms with Crippen LogP contribution < -0.4 is 10.4 Å². The molecule has 7 nitrogen and oxygen atoms in total. The number of fused-ring (bicyclic) bond motifs is 1. The molecule has 0 radical (unpaired) electrons.